The lowest BCUT2D eigenvalue weighted by atomic mass is 10.1. The summed E-state index contributed by atoms with van der Waals surface area (Å²) in [5, 5.41) is 3.09. The first-order chi connectivity index (χ1) is 14.2. The highest BCUT2D eigenvalue weighted by molar-refractivity contribution is 5.76. The number of fused-ring (bicyclic) bond motifs is 1. The smallest absolute Gasteiger partial charge is 0.228 e. The number of hydrogen-bond donors (Lipinski definition) is 1. The number of nitrogens with zero attached hydrogens (tertiary/aromatic N) is 2. The summed E-state index contributed by atoms with van der Waals surface area (Å²) < 4.78 is 10.8. The fourth-order valence-corrected chi connectivity index (χ4v) is 2.84. The molecule has 1 N–H and O–H groups in total. The van der Waals surface area contributed by atoms with Gasteiger partial charge < -0.3 is 14.5 Å². The van der Waals surface area contributed by atoms with Gasteiger partial charge in [0.1, 0.15) is 12.0 Å². The summed E-state index contributed by atoms with van der Waals surface area (Å²) in [7, 11) is 3.49. The van der Waals surface area contributed by atoms with Gasteiger partial charge in [-0.25, -0.2) is 4.98 Å². The van der Waals surface area contributed by atoms with Crippen LogP contribution in [0.2, 0.25) is 0 Å². The van der Waals surface area contributed by atoms with E-state index in [9.17, 15) is 4.79 Å². The van der Waals surface area contributed by atoms with Crippen molar-refractivity contribution < 1.29 is 13.9 Å². The van der Waals surface area contributed by atoms with E-state index in [0.717, 1.165) is 34.4 Å². The Morgan fingerprint density at radius 1 is 1.24 bits per heavy atom. The van der Waals surface area contributed by atoms with Crippen LogP contribution in [0.5, 0.6) is 0 Å². The Bertz CT molecular complexity index is 1060. The van der Waals surface area contributed by atoms with E-state index >= 15 is 0 Å². The van der Waals surface area contributed by atoms with Crippen molar-refractivity contribution in [1.82, 2.24) is 9.97 Å². The van der Waals surface area contributed by atoms with Crippen LogP contribution in [-0.2, 0) is 9.53 Å². The van der Waals surface area contributed by atoms with Crippen LogP contribution in [0.1, 0.15) is 13.3 Å². The lowest BCUT2D eigenvalue weighted by Gasteiger charge is -2.06. The van der Waals surface area contributed by atoms with Crippen LogP contribution in [0.25, 0.3) is 22.7 Å². The summed E-state index contributed by atoms with van der Waals surface area (Å²) in [6.07, 6.45) is 9.00. The number of hydrogen-bond acceptors (Lipinski definition) is 6. The quantitative estimate of drug-likeness (QED) is 0.638. The molecule has 29 heavy (non-hydrogen) atoms. The van der Waals surface area contributed by atoms with Crippen molar-refractivity contribution in [3.05, 3.63) is 77.7 Å². The molecule has 0 saturated carbocycles. The molecule has 0 amide bonds. The molecule has 2 heterocycles. The molecule has 4 rings (SSSR count). The van der Waals surface area contributed by atoms with E-state index in [-0.39, 0.29) is 0 Å². The third-order valence-corrected chi connectivity index (χ3v) is 4.50. The molecule has 0 bridgehead atoms. The van der Waals surface area contributed by atoms with Gasteiger partial charge in [0, 0.05) is 30.1 Å². The molecule has 2 aromatic heterocycles. The number of aldehydes is 1. The van der Waals surface area contributed by atoms with E-state index in [0.29, 0.717) is 23.5 Å². The first-order valence-electron chi connectivity index (χ1n) is 9.22. The summed E-state index contributed by atoms with van der Waals surface area (Å²) in [6, 6.07) is 11.6. The zero-order chi connectivity index (χ0) is 20.6. The Balaban J connectivity index is 0.000000177. The second kappa shape index (κ2) is 9.50. The molecular formula is C23H23N3O3. The number of carbonyl (C=O) groups is 1. The number of ether oxygens (including phenoxy) is 1. The molecule has 0 radical (unpaired) electrons. The third kappa shape index (κ3) is 4.79. The molecule has 0 saturated heterocycles. The second-order valence-corrected chi connectivity index (χ2v) is 6.31. The lowest BCUT2D eigenvalue weighted by Crippen LogP contribution is -1.94. The first kappa shape index (κ1) is 20.1. The summed E-state index contributed by atoms with van der Waals surface area (Å²) in [5.74, 6) is 1.36. The van der Waals surface area contributed by atoms with E-state index in [1.807, 2.05) is 68.6 Å². The maximum Gasteiger partial charge on any atom is 0.228 e. The topological polar surface area (TPSA) is 77.2 Å². The second-order valence-electron chi connectivity index (χ2n) is 6.31. The molecule has 0 spiro atoms. The zero-order valence-corrected chi connectivity index (χ0v) is 16.7. The van der Waals surface area contributed by atoms with Crippen LogP contribution in [-0.4, -0.2) is 30.4 Å². The maximum atomic E-state index is 10.6. The van der Waals surface area contributed by atoms with Crippen molar-refractivity contribution in [3.63, 3.8) is 0 Å². The molecule has 148 valence electrons. The van der Waals surface area contributed by atoms with Crippen molar-refractivity contribution in [2.75, 3.05) is 19.5 Å². The van der Waals surface area contributed by atoms with Gasteiger partial charge in [-0.3, -0.25) is 4.79 Å². The minimum atomic E-state index is 0.593. The number of nitrogens with one attached hydrogen (secondary N) is 1. The summed E-state index contributed by atoms with van der Waals surface area (Å²) in [4.78, 5) is 19.1. The fourth-order valence-electron chi connectivity index (χ4n) is 2.84. The number of anilines is 1. The van der Waals surface area contributed by atoms with Gasteiger partial charge in [-0.2, -0.15) is 4.98 Å². The van der Waals surface area contributed by atoms with Crippen LogP contribution in [0.15, 0.2) is 82.1 Å². The minimum absolute atomic E-state index is 0.593. The van der Waals surface area contributed by atoms with E-state index < -0.39 is 0 Å². The maximum absolute atomic E-state index is 10.6. The number of benzene rings is 1. The van der Waals surface area contributed by atoms with Gasteiger partial charge in [-0.15, -0.1) is 0 Å². The highest BCUT2D eigenvalue weighted by Crippen LogP contribution is 2.25. The molecule has 3 aromatic rings. The Morgan fingerprint density at radius 3 is 2.83 bits per heavy atom. The van der Waals surface area contributed by atoms with Crippen molar-refractivity contribution in [2.45, 2.75) is 13.3 Å². The number of aromatic nitrogens is 2. The van der Waals surface area contributed by atoms with Crippen LogP contribution in [0.4, 0.5) is 5.69 Å². The van der Waals surface area contributed by atoms with Crippen LogP contribution in [0.3, 0.4) is 0 Å². The van der Waals surface area contributed by atoms with Crippen LogP contribution >= 0.6 is 0 Å². The van der Waals surface area contributed by atoms with Crippen molar-refractivity contribution >= 4 is 23.2 Å². The molecule has 0 atom stereocenters. The van der Waals surface area contributed by atoms with Crippen LogP contribution in [0, 0.1) is 0 Å². The number of allylic oxidation sites excluding steroid dienone is 5. The summed E-state index contributed by atoms with van der Waals surface area (Å²) >= 11 is 0. The average Bonchev–Trinajstić information content (AvgIpc) is 3.12. The Morgan fingerprint density at radius 2 is 2.10 bits per heavy atom. The van der Waals surface area contributed by atoms with Gasteiger partial charge in [0.05, 0.1) is 7.11 Å². The van der Waals surface area contributed by atoms with E-state index in [1.54, 1.807) is 13.3 Å². The largest absolute Gasteiger partial charge is 0.496 e. The van der Waals surface area contributed by atoms with Crippen molar-refractivity contribution in [1.29, 1.82) is 0 Å². The molecule has 0 fully saturated rings. The highest BCUT2D eigenvalue weighted by atomic mass is 16.5. The Kier molecular flexibility index (Phi) is 6.58. The minimum Gasteiger partial charge on any atom is -0.496 e. The van der Waals surface area contributed by atoms with E-state index in [1.165, 1.54) is 0 Å². The SMILES string of the molecule is CNc1cccc(-c2nc3ncccc3o2)c1.COC1=CC=CCC(C=O)=C1C. The average molecular weight is 389 g/mol. The molecule has 1 aromatic carbocycles. The number of carbonyl (C=O) groups excluding carboxylic acids is 1. The van der Waals surface area contributed by atoms with Gasteiger partial charge in [0.15, 0.2) is 11.2 Å². The third-order valence-electron chi connectivity index (χ3n) is 4.50. The summed E-state index contributed by atoms with van der Waals surface area (Å²) in [6.45, 7) is 1.89. The van der Waals surface area contributed by atoms with E-state index in [4.69, 9.17) is 9.15 Å². The molecule has 6 nitrogen and oxygen atoms in total. The van der Waals surface area contributed by atoms with Crippen molar-refractivity contribution in [3.8, 4) is 11.5 Å². The standard InChI is InChI=1S/C13H11N3O.C10H12O2/c1-14-10-5-2-4-9(8-10)13-16-12-11(17-13)6-3-7-15-12;1-8-9(7-11)5-3-4-6-10(8)12-2/h2-8,14H,1H3;3-4,6-7H,5H2,1-2H3. The van der Waals surface area contributed by atoms with Crippen molar-refractivity contribution in [2.24, 2.45) is 0 Å². The highest BCUT2D eigenvalue weighted by Gasteiger charge is 2.09. The number of rotatable bonds is 4. The van der Waals surface area contributed by atoms with Gasteiger partial charge >= 0.3 is 0 Å². The van der Waals surface area contributed by atoms with Gasteiger partial charge in [-0.05, 0) is 55.3 Å². The molecule has 1 aliphatic carbocycles. The predicted octanol–water partition coefficient (Wildman–Crippen LogP) is 4.92. The number of pyridine rings is 1. The number of methoxy groups -OCH3 is 1. The first-order valence-corrected chi connectivity index (χ1v) is 9.22. The van der Waals surface area contributed by atoms with Gasteiger partial charge in [0.25, 0.3) is 0 Å². The molecule has 1 aliphatic rings. The normalized spacial score (nSPS) is 13.3. The predicted molar refractivity (Wildman–Crippen MR) is 114 cm³/mol. The van der Waals surface area contributed by atoms with Gasteiger partial charge in [-0.1, -0.05) is 18.2 Å². The van der Waals surface area contributed by atoms with Gasteiger partial charge in [0.2, 0.25) is 5.89 Å². The Hall–Kier alpha value is -3.67. The number of oxazole rings is 1. The summed E-state index contributed by atoms with van der Waals surface area (Å²) in [5.41, 5.74) is 5.02. The molecular weight excluding hydrogens is 366 g/mol. The molecule has 0 aliphatic heterocycles. The van der Waals surface area contributed by atoms with Crippen LogP contribution < -0.4 is 5.32 Å². The zero-order valence-electron chi connectivity index (χ0n) is 16.7. The molecule has 6 heteroatoms. The lowest BCUT2D eigenvalue weighted by molar-refractivity contribution is -0.105. The monoisotopic (exact) mass is 389 g/mol. The fraction of sp³-hybridized carbons (Fsp3) is 0.174. The molecule has 0 unspecified atom stereocenters. The van der Waals surface area contributed by atoms with E-state index in [2.05, 4.69) is 15.3 Å². The Labute approximate surface area is 169 Å².